The Labute approximate surface area is 230 Å². The van der Waals surface area contributed by atoms with Crippen LogP contribution in [0.3, 0.4) is 0 Å². The molecule has 1 atom stereocenters. The van der Waals surface area contributed by atoms with Crippen LogP contribution in [0.4, 0.5) is 0 Å². The summed E-state index contributed by atoms with van der Waals surface area (Å²) in [6.07, 6.45) is 3.55. The Bertz CT molecular complexity index is 1150. The number of piperidine rings is 1. The number of benzene rings is 1. The summed E-state index contributed by atoms with van der Waals surface area (Å²) in [5.41, 5.74) is 7.11. The van der Waals surface area contributed by atoms with E-state index in [9.17, 15) is 27.6 Å². The fourth-order valence-electron chi connectivity index (χ4n) is 4.82. The summed E-state index contributed by atoms with van der Waals surface area (Å²) in [6, 6.07) is 4.09. The highest BCUT2D eigenvalue weighted by atomic mass is 32.2. The van der Waals surface area contributed by atoms with Crippen molar-refractivity contribution in [2.24, 2.45) is 5.73 Å². The zero-order valence-electron chi connectivity index (χ0n) is 22.6. The van der Waals surface area contributed by atoms with E-state index in [1.54, 1.807) is 25.2 Å². The number of imide groups is 1. The minimum Gasteiger partial charge on any atom is -0.381 e. The van der Waals surface area contributed by atoms with Crippen LogP contribution in [0.1, 0.15) is 64.8 Å². The Balaban J connectivity index is 1.45. The molecule has 3 N–H and O–H groups in total. The molecule has 3 rings (SSSR count). The average Bonchev–Trinajstić information content (AvgIpc) is 3.18. The van der Waals surface area contributed by atoms with Crippen molar-refractivity contribution in [1.82, 2.24) is 18.8 Å². The number of rotatable bonds is 15. The van der Waals surface area contributed by atoms with Gasteiger partial charge in [0.25, 0.3) is 22.0 Å². The molecule has 2 heterocycles. The Kier molecular flexibility index (Phi) is 11.1. The highest BCUT2D eigenvalue weighted by Crippen LogP contribution is 2.29. The number of hydrogen-bond donors (Lipinski definition) is 2. The number of aldehydes is 1. The fourth-order valence-corrected chi connectivity index (χ4v) is 6.25. The second kappa shape index (κ2) is 14.1. The summed E-state index contributed by atoms with van der Waals surface area (Å²) in [6.45, 7) is 1.99. The number of nitrogens with two attached hydrogens (primary N) is 1. The van der Waals surface area contributed by atoms with Crippen molar-refractivity contribution in [3.63, 3.8) is 0 Å². The van der Waals surface area contributed by atoms with Gasteiger partial charge < -0.3 is 20.6 Å². The van der Waals surface area contributed by atoms with E-state index in [1.165, 1.54) is 15.7 Å². The number of carbonyl (C=O) groups excluding carboxylic acids is 4. The van der Waals surface area contributed by atoms with Crippen LogP contribution in [0.2, 0.25) is 0 Å². The Morgan fingerprint density at radius 3 is 2.56 bits per heavy atom. The van der Waals surface area contributed by atoms with Gasteiger partial charge in [-0.25, -0.2) is 0 Å². The zero-order valence-corrected chi connectivity index (χ0v) is 23.5. The maximum absolute atomic E-state index is 13.1. The molecule has 216 valence electrons. The van der Waals surface area contributed by atoms with E-state index in [1.807, 2.05) is 0 Å². The van der Waals surface area contributed by atoms with Gasteiger partial charge in [-0.15, -0.1) is 0 Å². The monoisotopic (exact) mass is 565 g/mol. The Morgan fingerprint density at radius 2 is 1.90 bits per heavy atom. The maximum atomic E-state index is 13.1. The molecule has 1 aromatic rings. The number of aryl methyl sites for hydroxylation is 1. The molecular weight excluding hydrogens is 526 g/mol. The fraction of sp³-hybridized carbons (Fsp3) is 0.615. The maximum Gasteiger partial charge on any atom is 0.281 e. The number of carbonyl (C=O) groups is 4. The molecule has 12 nitrogen and oxygen atoms in total. The number of amides is 3. The second-order valence-corrected chi connectivity index (χ2v) is 11.9. The number of hydrogen-bond acceptors (Lipinski definition) is 8. The molecule has 0 bridgehead atoms. The van der Waals surface area contributed by atoms with E-state index in [2.05, 4.69) is 5.32 Å². The van der Waals surface area contributed by atoms with Crippen LogP contribution in [0, 0.1) is 0 Å². The van der Waals surface area contributed by atoms with Crippen LogP contribution in [-0.2, 0) is 31.0 Å². The largest absolute Gasteiger partial charge is 0.381 e. The lowest BCUT2D eigenvalue weighted by Gasteiger charge is -2.32. The van der Waals surface area contributed by atoms with Gasteiger partial charge in [0.2, 0.25) is 5.91 Å². The minimum atomic E-state index is -3.51. The number of nitrogens with one attached hydrogen (secondary N) is 1. The standard InChI is InChI=1S/C26H39N5O7S/c1-28-23(33)10-9-21(18-32)31-25(34)22-8-3-6-19(24(22)26(31)35)7-4-16-38-17-5-13-29(2)39(36,37)30-14-11-20(27)12-15-30/h3,6,8,18,20-21H,4-5,7,9-17,27H2,1-2H3,(H,28,33). The molecule has 0 spiro atoms. The molecule has 13 heteroatoms. The lowest BCUT2D eigenvalue weighted by molar-refractivity contribution is -0.121. The smallest absolute Gasteiger partial charge is 0.281 e. The molecule has 39 heavy (non-hydrogen) atoms. The summed E-state index contributed by atoms with van der Waals surface area (Å²) in [4.78, 5) is 50.3. The molecule has 1 aromatic carbocycles. The van der Waals surface area contributed by atoms with E-state index in [0.29, 0.717) is 82.4 Å². The van der Waals surface area contributed by atoms with Crippen LogP contribution in [-0.4, -0.2) is 105 Å². The number of fused-ring (bicyclic) bond motifs is 1. The van der Waals surface area contributed by atoms with Gasteiger partial charge >= 0.3 is 0 Å². The van der Waals surface area contributed by atoms with Crippen molar-refractivity contribution < 1.29 is 32.3 Å². The van der Waals surface area contributed by atoms with E-state index in [-0.39, 0.29) is 30.4 Å². The third-order valence-electron chi connectivity index (χ3n) is 7.18. The van der Waals surface area contributed by atoms with Gasteiger partial charge in [0, 0.05) is 59.4 Å². The molecule has 1 unspecified atom stereocenters. The molecule has 0 saturated carbocycles. The van der Waals surface area contributed by atoms with E-state index in [4.69, 9.17) is 10.5 Å². The van der Waals surface area contributed by atoms with Gasteiger partial charge in [0.15, 0.2) is 0 Å². The van der Waals surface area contributed by atoms with E-state index in [0.717, 1.165) is 4.90 Å². The number of nitrogens with zero attached hydrogens (tertiary/aromatic N) is 3. The predicted molar refractivity (Wildman–Crippen MR) is 144 cm³/mol. The first-order valence-corrected chi connectivity index (χ1v) is 14.7. The highest BCUT2D eigenvalue weighted by Gasteiger charge is 2.41. The summed E-state index contributed by atoms with van der Waals surface area (Å²) in [7, 11) is -0.463. The highest BCUT2D eigenvalue weighted by molar-refractivity contribution is 7.86. The van der Waals surface area contributed by atoms with Crippen molar-refractivity contribution in [2.75, 3.05) is 46.9 Å². The molecule has 0 aliphatic carbocycles. The normalized spacial score (nSPS) is 17.5. The van der Waals surface area contributed by atoms with Crippen LogP contribution in [0.5, 0.6) is 0 Å². The predicted octanol–water partition coefficient (Wildman–Crippen LogP) is 0.315. The molecule has 2 aliphatic rings. The summed E-state index contributed by atoms with van der Waals surface area (Å²) in [5.74, 6) is -1.34. The van der Waals surface area contributed by atoms with Gasteiger partial charge in [-0.2, -0.15) is 17.0 Å². The first-order chi connectivity index (χ1) is 18.6. The average molecular weight is 566 g/mol. The van der Waals surface area contributed by atoms with Gasteiger partial charge in [0.1, 0.15) is 6.29 Å². The molecule has 3 amide bonds. The third kappa shape index (κ3) is 7.48. The van der Waals surface area contributed by atoms with E-state index < -0.39 is 28.1 Å². The molecule has 0 aromatic heterocycles. The third-order valence-corrected chi connectivity index (χ3v) is 9.17. The van der Waals surface area contributed by atoms with E-state index >= 15 is 0 Å². The van der Waals surface area contributed by atoms with Crippen LogP contribution < -0.4 is 11.1 Å². The minimum absolute atomic E-state index is 0.0200. The Morgan fingerprint density at radius 1 is 1.21 bits per heavy atom. The van der Waals surface area contributed by atoms with Crippen LogP contribution >= 0.6 is 0 Å². The second-order valence-electron chi connectivity index (χ2n) is 9.87. The van der Waals surface area contributed by atoms with Crippen molar-refractivity contribution in [3.8, 4) is 0 Å². The van der Waals surface area contributed by atoms with Crippen LogP contribution in [0.15, 0.2) is 18.2 Å². The lowest BCUT2D eigenvalue weighted by atomic mass is 9.99. The zero-order chi connectivity index (χ0) is 28.6. The molecule has 1 saturated heterocycles. The van der Waals surface area contributed by atoms with Crippen molar-refractivity contribution in [3.05, 3.63) is 34.9 Å². The first-order valence-electron chi connectivity index (χ1n) is 13.3. The molecule has 1 fully saturated rings. The Hall–Kier alpha value is -2.71. The van der Waals surface area contributed by atoms with Gasteiger partial charge in [-0.05, 0) is 50.2 Å². The van der Waals surface area contributed by atoms with Crippen LogP contribution in [0.25, 0.3) is 0 Å². The van der Waals surface area contributed by atoms with Crippen molar-refractivity contribution in [1.29, 1.82) is 0 Å². The SMILES string of the molecule is CNC(=O)CCC(C=O)N1C(=O)c2cccc(CCCOCCCN(C)S(=O)(=O)N3CCC(N)CC3)c2C1=O. The lowest BCUT2D eigenvalue weighted by Crippen LogP contribution is -2.48. The first kappa shape index (κ1) is 30.8. The summed E-state index contributed by atoms with van der Waals surface area (Å²) < 4.78 is 33.9. The summed E-state index contributed by atoms with van der Waals surface area (Å²) >= 11 is 0. The molecule has 0 radical (unpaired) electrons. The van der Waals surface area contributed by atoms with Gasteiger partial charge in [-0.3, -0.25) is 19.3 Å². The van der Waals surface area contributed by atoms with Crippen molar-refractivity contribution >= 4 is 34.2 Å². The van der Waals surface area contributed by atoms with Gasteiger partial charge in [-0.1, -0.05) is 12.1 Å². The van der Waals surface area contributed by atoms with Gasteiger partial charge in [0.05, 0.1) is 17.2 Å². The topological polar surface area (TPSA) is 159 Å². The summed E-state index contributed by atoms with van der Waals surface area (Å²) in [5, 5.41) is 2.46. The molecule has 2 aliphatic heterocycles. The number of ether oxygens (including phenoxy) is 1. The quantitative estimate of drug-likeness (QED) is 0.175. The van der Waals surface area contributed by atoms with Crippen molar-refractivity contribution in [2.45, 2.75) is 57.0 Å². The molecular formula is C26H39N5O7S.